The first kappa shape index (κ1) is 13.9. The number of halogens is 1. The molecule has 1 N–H and O–H groups in total. The van der Waals surface area contributed by atoms with Gasteiger partial charge in [-0.2, -0.15) is 0 Å². The minimum absolute atomic E-state index is 0.00561. The molecule has 1 heterocycles. The lowest BCUT2D eigenvalue weighted by Gasteiger charge is -2.03. The third-order valence-corrected chi connectivity index (χ3v) is 4.19. The number of nitrogens with zero attached hydrogens (tertiary/aromatic N) is 1. The molecular weight excluding hydrogens is 308 g/mol. The zero-order valence-corrected chi connectivity index (χ0v) is 12.9. The summed E-state index contributed by atoms with van der Waals surface area (Å²) in [6.07, 6.45) is 0.782. The summed E-state index contributed by atoms with van der Waals surface area (Å²) < 4.78 is 8.41. The van der Waals surface area contributed by atoms with Crippen LogP contribution in [-0.2, 0) is 18.3 Å². The predicted molar refractivity (Wildman–Crippen MR) is 79.6 cm³/mol. The number of methoxy groups -OCH3 is 1. The molecule has 4 nitrogen and oxygen atoms in total. The van der Waals surface area contributed by atoms with Crippen molar-refractivity contribution in [3.05, 3.63) is 28.4 Å². The second kappa shape index (κ2) is 5.65. The number of carbonyl (C=O) groups excluding carboxylic acids is 1. The number of fused-ring (bicyclic) bond motifs is 1. The Hall–Kier alpha value is -1.49. The van der Waals surface area contributed by atoms with Gasteiger partial charge in [-0.3, -0.25) is 4.79 Å². The summed E-state index contributed by atoms with van der Waals surface area (Å²) in [7, 11) is 3.68. The van der Waals surface area contributed by atoms with E-state index in [0.717, 1.165) is 27.7 Å². The Morgan fingerprint density at radius 3 is 2.84 bits per heavy atom. The number of benzene rings is 1. The Morgan fingerprint density at radius 2 is 2.21 bits per heavy atom. The van der Waals surface area contributed by atoms with Crippen molar-refractivity contribution in [1.82, 2.24) is 9.88 Å². The number of aryl methyl sites for hydroxylation is 1. The van der Waals surface area contributed by atoms with Gasteiger partial charge in [-0.05, 0) is 46.1 Å². The number of hydrogen-bond donors (Lipinski definition) is 1. The van der Waals surface area contributed by atoms with Crippen LogP contribution in [0, 0.1) is 0 Å². The van der Waals surface area contributed by atoms with Crippen LogP contribution in [0.4, 0.5) is 0 Å². The van der Waals surface area contributed by atoms with E-state index in [1.54, 1.807) is 7.11 Å². The lowest BCUT2D eigenvalue weighted by atomic mass is 10.1. The first-order valence-corrected chi connectivity index (χ1v) is 6.89. The molecule has 0 saturated carbocycles. The van der Waals surface area contributed by atoms with Gasteiger partial charge in [0.2, 0.25) is 5.91 Å². The van der Waals surface area contributed by atoms with E-state index in [1.807, 2.05) is 25.2 Å². The fourth-order valence-corrected chi connectivity index (χ4v) is 2.80. The number of carbonyl (C=O) groups is 1. The van der Waals surface area contributed by atoms with Gasteiger partial charge in [-0.1, -0.05) is 0 Å². The lowest BCUT2D eigenvalue weighted by molar-refractivity contribution is -0.118. The van der Waals surface area contributed by atoms with Crippen molar-refractivity contribution in [2.75, 3.05) is 13.7 Å². The zero-order valence-electron chi connectivity index (χ0n) is 11.3. The normalized spacial score (nSPS) is 10.7. The van der Waals surface area contributed by atoms with E-state index >= 15 is 0 Å². The second-order valence-corrected chi connectivity index (χ2v) is 5.20. The molecule has 1 aromatic carbocycles. The number of nitrogens with one attached hydrogen (secondary N) is 1. The number of ether oxygens (including phenoxy) is 1. The zero-order chi connectivity index (χ0) is 14.0. The summed E-state index contributed by atoms with van der Waals surface area (Å²) in [4.78, 5) is 10.9. The van der Waals surface area contributed by atoms with Gasteiger partial charge in [0.1, 0.15) is 5.75 Å². The highest BCUT2D eigenvalue weighted by Crippen LogP contribution is 2.32. The van der Waals surface area contributed by atoms with Crippen molar-refractivity contribution in [2.45, 2.75) is 13.3 Å². The van der Waals surface area contributed by atoms with Crippen LogP contribution in [-0.4, -0.2) is 24.1 Å². The van der Waals surface area contributed by atoms with Crippen molar-refractivity contribution in [2.24, 2.45) is 7.05 Å². The van der Waals surface area contributed by atoms with Crippen LogP contribution in [0.5, 0.6) is 5.75 Å². The second-order valence-electron chi connectivity index (χ2n) is 4.44. The standard InChI is InChI=1S/C14H17BrN2O2/c1-9(18)16-7-6-11-12-8-10(19-3)4-5-13(12)17(2)14(11)15/h4-5,8H,6-7H2,1-3H3,(H,16,18). The Bertz CT molecular complexity index is 619. The SMILES string of the molecule is COc1ccc2c(c1)c(CCNC(C)=O)c(Br)n2C. The molecule has 102 valence electrons. The van der Waals surface area contributed by atoms with Crippen molar-refractivity contribution in [3.63, 3.8) is 0 Å². The Kier molecular flexibility index (Phi) is 4.14. The Morgan fingerprint density at radius 1 is 1.47 bits per heavy atom. The van der Waals surface area contributed by atoms with Crippen molar-refractivity contribution < 1.29 is 9.53 Å². The van der Waals surface area contributed by atoms with Crippen LogP contribution < -0.4 is 10.1 Å². The van der Waals surface area contributed by atoms with Crippen LogP contribution in [0.3, 0.4) is 0 Å². The van der Waals surface area contributed by atoms with Gasteiger partial charge in [-0.15, -0.1) is 0 Å². The van der Waals surface area contributed by atoms with Crippen LogP contribution >= 0.6 is 15.9 Å². The van der Waals surface area contributed by atoms with Crippen LogP contribution in [0.2, 0.25) is 0 Å². The molecule has 5 heteroatoms. The lowest BCUT2D eigenvalue weighted by Crippen LogP contribution is -2.22. The van der Waals surface area contributed by atoms with Crippen molar-refractivity contribution in [3.8, 4) is 5.75 Å². The number of hydrogen-bond acceptors (Lipinski definition) is 2. The summed E-state index contributed by atoms with van der Waals surface area (Å²) in [6, 6.07) is 6.02. The van der Waals surface area contributed by atoms with Crippen LogP contribution in [0.25, 0.3) is 10.9 Å². The van der Waals surface area contributed by atoms with Crippen molar-refractivity contribution >= 4 is 32.7 Å². The molecule has 0 spiro atoms. The van der Waals surface area contributed by atoms with Crippen molar-refractivity contribution in [1.29, 1.82) is 0 Å². The first-order chi connectivity index (χ1) is 9.04. The summed E-state index contributed by atoms with van der Waals surface area (Å²) >= 11 is 3.62. The van der Waals surface area contributed by atoms with E-state index in [4.69, 9.17) is 4.74 Å². The molecule has 0 aliphatic heterocycles. The van der Waals surface area contributed by atoms with Crippen LogP contribution in [0.1, 0.15) is 12.5 Å². The average Bonchev–Trinajstić information content (AvgIpc) is 2.63. The number of aromatic nitrogens is 1. The predicted octanol–water partition coefficient (Wildman–Crippen LogP) is 2.63. The van der Waals surface area contributed by atoms with Gasteiger partial charge in [-0.25, -0.2) is 0 Å². The highest BCUT2D eigenvalue weighted by Gasteiger charge is 2.13. The maximum Gasteiger partial charge on any atom is 0.216 e. The quantitative estimate of drug-likeness (QED) is 0.939. The molecule has 0 atom stereocenters. The maximum absolute atomic E-state index is 10.9. The van der Waals surface area contributed by atoms with Gasteiger partial charge in [0.15, 0.2) is 0 Å². The maximum atomic E-state index is 10.9. The molecule has 19 heavy (non-hydrogen) atoms. The highest BCUT2D eigenvalue weighted by molar-refractivity contribution is 9.10. The summed E-state index contributed by atoms with van der Waals surface area (Å²) in [6.45, 7) is 2.16. The molecule has 0 fully saturated rings. The molecular formula is C14H17BrN2O2. The van der Waals surface area contributed by atoms with Gasteiger partial charge < -0.3 is 14.6 Å². The number of rotatable bonds is 4. The molecule has 1 aromatic heterocycles. The third-order valence-electron chi connectivity index (χ3n) is 3.18. The van der Waals surface area contributed by atoms with Crippen LogP contribution in [0.15, 0.2) is 22.8 Å². The van der Waals surface area contributed by atoms with E-state index in [-0.39, 0.29) is 5.91 Å². The molecule has 0 aliphatic rings. The Balaban J connectivity index is 2.40. The molecule has 2 aromatic rings. The van der Waals surface area contributed by atoms with Gasteiger partial charge in [0.25, 0.3) is 0 Å². The molecule has 2 rings (SSSR count). The molecule has 0 unspecified atom stereocenters. The fourth-order valence-electron chi connectivity index (χ4n) is 2.20. The molecule has 0 radical (unpaired) electrons. The smallest absolute Gasteiger partial charge is 0.216 e. The van der Waals surface area contributed by atoms with E-state index in [2.05, 4.69) is 25.8 Å². The van der Waals surface area contributed by atoms with E-state index < -0.39 is 0 Å². The Labute approximate surface area is 120 Å². The van der Waals surface area contributed by atoms with E-state index in [1.165, 1.54) is 12.5 Å². The summed E-state index contributed by atoms with van der Waals surface area (Å²) in [5.74, 6) is 0.834. The minimum Gasteiger partial charge on any atom is -0.497 e. The molecule has 0 bridgehead atoms. The molecule has 1 amide bonds. The topological polar surface area (TPSA) is 43.3 Å². The highest BCUT2D eigenvalue weighted by atomic mass is 79.9. The average molecular weight is 325 g/mol. The fraction of sp³-hybridized carbons (Fsp3) is 0.357. The largest absolute Gasteiger partial charge is 0.497 e. The number of amides is 1. The van der Waals surface area contributed by atoms with Gasteiger partial charge in [0, 0.05) is 31.4 Å². The first-order valence-electron chi connectivity index (χ1n) is 6.10. The van der Waals surface area contributed by atoms with Gasteiger partial charge in [0.05, 0.1) is 11.7 Å². The van der Waals surface area contributed by atoms with E-state index in [0.29, 0.717) is 6.54 Å². The molecule has 0 saturated heterocycles. The monoisotopic (exact) mass is 324 g/mol. The van der Waals surface area contributed by atoms with Gasteiger partial charge >= 0.3 is 0 Å². The summed E-state index contributed by atoms with van der Waals surface area (Å²) in [5.41, 5.74) is 2.33. The summed E-state index contributed by atoms with van der Waals surface area (Å²) in [5, 5.41) is 3.98. The molecule has 0 aliphatic carbocycles. The minimum atomic E-state index is -0.00561. The van der Waals surface area contributed by atoms with E-state index in [9.17, 15) is 4.79 Å². The third kappa shape index (κ3) is 2.76.